The van der Waals surface area contributed by atoms with Gasteiger partial charge in [-0.15, -0.1) is 0 Å². The second kappa shape index (κ2) is 11.8. The van der Waals surface area contributed by atoms with Gasteiger partial charge in [0.2, 0.25) is 5.91 Å². The highest BCUT2D eigenvalue weighted by atomic mass is 16.6. The molecule has 0 saturated heterocycles. The Balaban J connectivity index is 2.72. The van der Waals surface area contributed by atoms with Gasteiger partial charge in [0.25, 0.3) is 6.02 Å². The van der Waals surface area contributed by atoms with E-state index >= 15 is 0 Å². The minimum atomic E-state index is -0.878. The number of amides is 1. The normalized spacial score (nSPS) is 18.4. The van der Waals surface area contributed by atoms with E-state index in [2.05, 4.69) is 24.2 Å². The van der Waals surface area contributed by atoms with E-state index in [0.717, 1.165) is 44.9 Å². The molecule has 1 unspecified atom stereocenters. The Bertz CT molecular complexity index is 448. The van der Waals surface area contributed by atoms with Crippen molar-refractivity contribution in [2.24, 2.45) is 16.5 Å². The standard InChI is InChI=1S/C18H34N4O3/c1-3-8-13(4-2)21-18(22-14-9-6-5-7-10-14)25-17(24)15(19)11-12-16(20)23/h13-15H,3-12,19H2,1-2H3,(H2,20,23)(H,21,22)/t13?,15-/m1/s1. The number of ether oxygens (including phenoxy) is 1. The first-order valence-corrected chi connectivity index (χ1v) is 9.56. The second-order valence-electron chi connectivity index (χ2n) is 6.80. The van der Waals surface area contributed by atoms with E-state index < -0.39 is 17.9 Å². The van der Waals surface area contributed by atoms with Crippen LogP contribution < -0.4 is 16.8 Å². The summed E-state index contributed by atoms with van der Waals surface area (Å²) >= 11 is 0. The average molecular weight is 354 g/mol. The molecule has 5 N–H and O–H groups in total. The van der Waals surface area contributed by atoms with Gasteiger partial charge >= 0.3 is 5.97 Å². The zero-order valence-electron chi connectivity index (χ0n) is 15.6. The van der Waals surface area contributed by atoms with Crippen LogP contribution in [0.3, 0.4) is 0 Å². The zero-order chi connectivity index (χ0) is 18.7. The number of hydrogen-bond donors (Lipinski definition) is 3. The summed E-state index contributed by atoms with van der Waals surface area (Å²) in [5.74, 6) is -1.05. The van der Waals surface area contributed by atoms with Gasteiger partial charge in [-0.1, -0.05) is 39.5 Å². The molecule has 0 spiro atoms. The molecule has 2 atom stereocenters. The molecule has 0 aromatic carbocycles. The number of amidine groups is 1. The first-order valence-electron chi connectivity index (χ1n) is 9.56. The maximum absolute atomic E-state index is 12.2. The maximum atomic E-state index is 12.2. The molecule has 0 radical (unpaired) electrons. The van der Waals surface area contributed by atoms with Crippen LogP contribution in [-0.2, 0) is 14.3 Å². The number of rotatable bonds is 9. The van der Waals surface area contributed by atoms with Crippen molar-refractivity contribution in [3.05, 3.63) is 0 Å². The fourth-order valence-electron chi connectivity index (χ4n) is 2.96. The molecule has 1 amide bonds. The summed E-state index contributed by atoms with van der Waals surface area (Å²) in [6.45, 7) is 4.21. The first kappa shape index (κ1) is 21.4. The van der Waals surface area contributed by atoms with Gasteiger partial charge in [-0.05, 0) is 32.1 Å². The number of primary amides is 1. The van der Waals surface area contributed by atoms with E-state index in [-0.39, 0.29) is 30.9 Å². The summed E-state index contributed by atoms with van der Waals surface area (Å²) < 4.78 is 5.45. The molecule has 0 bridgehead atoms. The number of aliphatic imine (C=N–C) groups is 1. The maximum Gasteiger partial charge on any atom is 0.330 e. The molecule has 1 aliphatic carbocycles. The molecule has 0 aromatic rings. The van der Waals surface area contributed by atoms with E-state index in [0.29, 0.717) is 0 Å². The summed E-state index contributed by atoms with van der Waals surface area (Å²) in [4.78, 5) is 27.7. The van der Waals surface area contributed by atoms with Crippen molar-refractivity contribution >= 4 is 17.9 Å². The lowest BCUT2D eigenvalue weighted by atomic mass is 9.96. The molecule has 1 aliphatic rings. The fourth-order valence-corrected chi connectivity index (χ4v) is 2.96. The third kappa shape index (κ3) is 8.86. The quantitative estimate of drug-likeness (QED) is 0.332. The van der Waals surface area contributed by atoms with Crippen molar-refractivity contribution in [3.8, 4) is 0 Å². The third-order valence-electron chi connectivity index (χ3n) is 4.53. The van der Waals surface area contributed by atoms with Gasteiger partial charge in [0.15, 0.2) is 0 Å². The van der Waals surface area contributed by atoms with E-state index in [1.807, 2.05) is 0 Å². The molecule has 7 nitrogen and oxygen atoms in total. The SMILES string of the molecule is CCCC(CC)NC(=NC1CCCCC1)OC(=O)[C@H](N)CCC(N)=O. The van der Waals surface area contributed by atoms with Crippen LogP contribution in [0.25, 0.3) is 0 Å². The van der Waals surface area contributed by atoms with Crippen LogP contribution >= 0.6 is 0 Å². The summed E-state index contributed by atoms with van der Waals surface area (Å²) in [6.07, 6.45) is 8.74. The van der Waals surface area contributed by atoms with Gasteiger partial charge in [0, 0.05) is 12.5 Å². The number of nitrogens with zero attached hydrogens (tertiary/aromatic N) is 1. The third-order valence-corrected chi connectivity index (χ3v) is 4.53. The van der Waals surface area contributed by atoms with Crippen LogP contribution in [-0.4, -0.2) is 36.0 Å². The molecule has 1 fully saturated rings. The minimum Gasteiger partial charge on any atom is -0.392 e. The topological polar surface area (TPSA) is 120 Å². The Hall–Kier alpha value is -1.63. The van der Waals surface area contributed by atoms with Crippen molar-refractivity contribution < 1.29 is 14.3 Å². The van der Waals surface area contributed by atoms with E-state index in [9.17, 15) is 9.59 Å². The molecule has 1 rings (SSSR count). The van der Waals surface area contributed by atoms with Crippen LogP contribution in [0.4, 0.5) is 0 Å². The molecular weight excluding hydrogens is 320 g/mol. The van der Waals surface area contributed by atoms with E-state index in [4.69, 9.17) is 16.2 Å². The van der Waals surface area contributed by atoms with Crippen LogP contribution in [0.1, 0.15) is 78.1 Å². The first-order chi connectivity index (χ1) is 12.0. The van der Waals surface area contributed by atoms with Gasteiger partial charge < -0.3 is 21.5 Å². The van der Waals surface area contributed by atoms with Crippen LogP contribution in [0.2, 0.25) is 0 Å². The van der Waals surface area contributed by atoms with Gasteiger partial charge in [0.1, 0.15) is 6.04 Å². The van der Waals surface area contributed by atoms with E-state index in [1.54, 1.807) is 0 Å². The molecule has 0 aromatic heterocycles. The number of esters is 1. The van der Waals surface area contributed by atoms with Gasteiger partial charge in [-0.2, -0.15) is 0 Å². The largest absolute Gasteiger partial charge is 0.392 e. The van der Waals surface area contributed by atoms with Crippen molar-refractivity contribution in [3.63, 3.8) is 0 Å². The summed E-state index contributed by atoms with van der Waals surface area (Å²) in [5, 5.41) is 3.26. The predicted octanol–water partition coefficient (Wildman–Crippen LogP) is 1.98. The summed E-state index contributed by atoms with van der Waals surface area (Å²) in [6, 6.07) is -0.212. The second-order valence-corrected chi connectivity index (χ2v) is 6.80. The van der Waals surface area contributed by atoms with E-state index in [1.165, 1.54) is 6.42 Å². The Morgan fingerprint density at radius 2 is 1.88 bits per heavy atom. The molecule has 1 saturated carbocycles. The lowest BCUT2D eigenvalue weighted by Crippen LogP contribution is -2.42. The molecule has 0 heterocycles. The van der Waals surface area contributed by atoms with Gasteiger partial charge in [-0.25, -0.2) is 9.79 Å². The average Bonchev–Trinajstić information content (AvgIpc) is 2.59. The van der Waals surface area contributed by atoms with Gasteiger partial charge in [-0.3, -0.25) is 4.79 Å². The van der Waals surface area contributed by atoms with Crippen LogP contribution in [0, 0.1) is 0 Å². The lowest BCUT2D eigenvalue weighted by molar-refractivity contribution is -0.137. The molecule has 0 aliphatic heterocycles. The van der Waals surface area contributed by atoms with Crippen molar-refractivity contribution in [1.82, 2.24) is 5.32 Å². The lowest BCUT2D eigenvalue weighted by Gasteiger charge is -2.23. The summed E-state index contributed by atoms with van der Waals surface area (Å²) in [7, 11) is 0. The number of carbonyl (C=O) groups excluding carboxylic acids is 2. The molecule has 7 heteroatoms. The van der Waals surface area contributed by atoms with Crippen molar-refractivity contribution in [2.75, 3.05) is 0 Å². The number of hydrogen-bond acceptors (Lipinski definition) is 5. The number of nitrogens with two attached hydrogens (primary N) is 2. The van der Waals surface area contributed by atoms with Gasteiger partial charge in [0.05, 0.1) is 6.04 Å². The summed E-state index contributed by atoms with van der Waals surface area (Å²) in [5.41, 5.74) is 10.9. The Labute approximate surface area is 150 Å². The van der Waals surface area contributed by atoms with Crippen molar-refractivity contribution in [1.29, 1.82) is 0 Å². The Kier molecular flexibility index (Phi) is 10.1. The molecular formula is C18H34N4O3. The smallest absolute Gasteiger partial charge is 0.330 e. The monoisotopic (exact) mass is 354 g/mol. The zero-order valence-corrected chi connectivity index (χ0v) is 15.6. The fraction of sp³-hybridized carbons (Fsp3) is 0.833. The highest BCUT2D eigenvalue weighted by Gasteiger charge is 2.22. The van der Waals surface area contributed by atoms with Crippen LogP contribution in [0.5, 0.6) is 0 Å². The number of nitrogens with one attached hydrogen (secondary N) is 1. The number of carbonyl (C=O) groups is 2. The Morgan fingerprint density at radius 3 is 2.44 bits per heavy atom. The predicted molar refractivity (Wildman–Crippen MR) is 98.9 cm³/mol. The Morgan fingerprint density at radius 1 is 1.20 bits per heavy atom. The highest BCUT2D eigenvalue weighted by Crippen LogP contribution is 2.20. The van der Waals surface area contributed by atoms with Crippen molar-refractivity contribution in [2.45, 2.75) is 96.2 Å². The van der Waals surface area contributed by atoms with Crippen LogP contribution in [0.15, 0.2) is 4.99 Å². The minimum absolute atomic E-state index is 0.0617. The molecule has 144 valence electrons. The highest BCUT2D eigenvalue weighted by molar-refractivity contribution is 5.90. The molecule has 25 heavy (non-hydrogen) atoms.